The third kappa shape index (κ3) is 3.95. The van der Waals surface area contributed by atoms with Gasteiger partial charge in [-0.2, -0.15) is 10.2 Å². The largest absolute Gasteiger partial charge is 0.444 e. The summed E-state index contributed by atoms with van der Waals surface area (Å²) in [6, 6.07) is 3.89. The van der Waals surface area contributed by atoms with Crippen molar-refractivity contribution in [1.82, 2.24) is 15.1 Å². The minimum absolute atomic E-state index is 0.257. The Bertz CT molecular complexity index is 795. The number of aromatic nitrogens is 2. The van der Waals surface area contributed by atoms with Gasteiger partial charge in [-0.3, -0.25) is 0 Å². The molecule has 0 unspecified atom stereocenters. The van der Waals surface area contributed by atoms with Crippen LogP contribution in [-0.4, -0.2) is 53.0 Å². The van der Waals surface area contributed by atoms with Gasteiger partial charge in [-0.1, -0.05) is 11.6 Å². The number of aryl methyl sites for hydroxylation is 1. The molecule has 0 saturated carbocycles. The van der Waals surface area contributed by atoms with Gasteiger partial charge in [-0.15, -0.1) is 0 Å². The molecule has 1 aromatic carbocycles. The molecule has 6 nitrogen and oxygen atoms in total. The second-order valence-electron chi connectivity index (χ2n) is 7.30. The Morgan fingerprint density at radius 1 is 1.20 bits per heavy atom. The molecule has 25 heavy (non-hydrogen) atoms. The number of rotatable bonds is 1. The zero-order valence-corrected chi connectivity index (χ0v) is 15.8. The normalized spacial score (nSPS) is 15.6. The van der Waals surface area contributed by atoms with Crippen molar-refractivity contribution in [3.05, 3.63) is 28.9 Å². The highest BCUT2D eigenvalue weighted by molar-refractivity contribution is 6.32. The lowest BCUT2D eigenvalue weighted by Crippen LogP contribution is -2.50. The number of halogens is 1. The van der Waals surface area contributed by atoms with Crippen molar-refractivity contribution in [2.45, 2.75) is 33.3 Å². The average molecular weight is 363 g/mol. The number of fused-ring (bicyclic) bond motifs is 1. The summed E-state index contributed by atoms with van der Waals surface area (Å²) in [5.41, 5.74) is 2.34. The molecule has 1 fully saturated rings. The number of hydrogen-bond acceptors (Lipinski definition) is 5. The van der Waals surface area contributed by atoms with Crippen molar-refractivity contribution in [2.75, 3.05) is 31.1 Å². The summed E-state index contributed by atoms with van der Waals surface area (Å²) in [7, 11) is 0. The van der Waals surface area contributed by atoms with E-state index in [-0.39, 0.29) is 6.09 Å². The molecule has 3 rings (SSSR count). The zero-order valence-electron chi connectivity index (χ0n) is 15.0. The van der Waals surface area contributed by atoms with Gasteiger partial charge in [0.05, 0.1) is 17.4 Å². The third-order valence-corrected chi connectivity index (χ3v) is 4.58. The number of hydrogen-bond donors (Lipinski definition) is 0. The van der Waals surface area contributed by atoms with Crippen LogP contribution in [-0.2, 0) is 4.74 Å². The van der Waals surface area contributed by atoms with E-state index in [1.165, 1.54) is 0 Å². The van der Waals surface area contributed by atoms with Crippen molar-refractivity contribution >= 4 is 34.3 Å². The van der Waals surface area contributed by atoms with Gasteiger partial charge in [0, 0.05) is 36.6 Å². The molecular weight excluding hydrogens is 340 g/mol. The van der Waals surface area contributed by atoms with Gasteiger partial charge >= 0.3 is 6.09 Å². The Balaban J connectivity index is 1.76. The third-order valence-electron chi connectivity index (χ3n) is 4.17. The predicted molar refractivity (Wildman–Crippen MR) is 99.3 cm³/mol. The first-order valence-corrected chi connectivity index (χ1v) is 8.77. The molecule has 2 aromatic rings. The molecule has 0 bridgehead atoms. The molecule has 2 heterocycles. The summed E-state index contributed by atoms with van der Waals surface area (Å²) < 4.78 is 5.45. The Hall–Kier alpha value is -2.08. The van der Waals surface area contributed by atoms with E-state index in [0.717, 1.165) is 35.2 Å². The van der Waals surface area contributed by atoms with Crippen LogP contribution in [0.25, 0.3) is 10.9 Å². The maximum Gasteiger partial charge on any atom is 0.410 e. The summed E-state index contributed by atoms with van der Waals surface area (Å²) in [4.78, 5) is 16.2. The van der Waals surface area contributed by atoms with Crippen LogP contribution in [0.1, 0.15) is 26.3 Å². The zero-order chi connectivity index (χ0) is 18.2. The van der Waals surface area contributed by atoms with E-state index in [1.54, 1.807) is 11.1 Å². The maximum atomic E-state index is 12.2. The average Bonchev–Trinajstić information content (AvgIpc) is 2.54. The van der Waals surface area contributed by atoms with E-state index in [0.29, 0.717) is 18.1 Å². The van der Waals surface area contributed by atoms with Gasteiger partial charge < -0.3 is 14.5 Å². The molecule has 0 radical (unpaired) electrons. The molecule has 0 N–H and O–H groups in total. The summed E-state index contributed by atoms with van der Waals surface area (Å²) in [5, 5.41) is 10.0. The smallest absolute Gasteiger partial charge is 0.410 e. The minimum Gasteiger partial charge on any atom is -0.444 e. The van der Waals surface area contributed by atoms with E-state index in [9.17, 15) is 4.79 Å². The molecule has 0 aliphatic carbocycles. The van der Waals surface area contributed by atoms with Gasteiger partial charge in [0.25, 0.3) is 0 Å². The Labute approximate surface area is 152 Å². The molecule has 7 heteroatoms. The molecule has 1 saturated heterocycles. The van der Waals surface area contributed by atoms with Crippen LogP contribution in [0.4, 0.5) is 10.5 Å². The number of benzene rings is 1. The first-order chi connectivity index (χ1) is 11.7. The highest BCUT2D eigenvalue weighted by Gasteiger charge is 2.26. The lowest BCUT2D eigenvalue weighted by molar-refractivity contribution is 0.0240. The minimum atomic E-state index is -0.476. The van der Waals surface area contributed by atoms with Gasteiger partial charge in [0.15, 0.2) is 0 Å². The van der Waals surface area contributed by atoms with Crippen LogP contribution in [0, 0.1) is 6.92 Å². The molecule has 0 spiro atoms. The van der Waals surface area contributed by atoms with Gasteiger partial charge in [0.1, 0.15) is 5.60 Å². The monoisotopic (exact) mass is 362 g/mol. The maximum absolute atomic E-state index is 12.2. The Morgan fingerprint density at radius 2 is 1.88 bits per heavy atom. The fourth-order valence-electron chi connectivity index (χ4n) is 2.88. The number of carbonyl (C=O) groups excluding carboxylic acids is 1. The van der Waals surface area contributed by atoms with E-state index < -0.39 is 5.60 Å². The van der Waals surface area contributed by atoms with Crippen molar-refractivity contribution in [2.24, 2.45) is 0 Å². The summed E-state index contributed by atoms with van der Waals surface area (Å²) in [5.74, 6) is 0. The number of amides is 1. The van der Waals surface area contributed by atoms with Crippen LogP contribution >= 0.6 is 11.6 Å². The lowest BCUT2D eigenvalue weighted by Gasteiger charge is -2.36. The number of nitrogens with zero attached hydrogens (tertiary/aromatic N) is 4. The second-order valence-corrected chi connectivity index (χ2v) is 7.71. The quantitative estimate of drug-likeness (QED) is 0.775. The van der Waals surface area contributed by atoms with E-state index in [1.807, 2.05) is 39.8 Å². The molecule has 1 aromatic heterocycles. The van der Waals surface area contributed by atoms with Gasteiger partial charge in [-0.05, 0) is 45.4 Å². The van der Waals surface area contributed by atoms with Crippen LogP contribution in [0.15, 0.2) is 18.3 Å². The SMILES string of the molecule is Cc1cc2c(N3CCN(C(=O)OC(C)(C)C)CC3)cnnc2cc1Cl. The Morgan fingerprint density at radius 3 is 2.52 bits per heavy atom. The summed E-state index contributed by atoms with van der Waals surface area (Å²) in [6.45, 7) is 10.3. The molecule has 1 aliphatic rings. The number of piperazine rings is 1. The standard InChI is InChI=1S/C18H23ClN4O2/c1-12-9-13-15(10-14(12)19)21-20-11-16(13)22-5-7-23(8-6-22)17(24)25-18(2,3)4/h9-11H,5-8H2,1-4H3. The van der Waals surface area contributed by atoms with Crippen molar-refractivity contribution in [1.29, 1.82) is 0 Å². The topological polar surface area (TPSA) is 58.6 Å². The lowest BCUT2D eigenvalue weighted by atomic mass is 10.1. The molecule has 1 amide bonds. The molecule has 134 valence electrons. The number of anilines is 1. The van der Waals surface area contributed by atoms with Crippen LogP contribution in [0.3, 0.4) is 0 Å². The van der Waals surface area contributed by atoms with Crippen LogP contribution in [0.5, 0.6) is 0 Å². The van der Waals surface area contributed by atoms with Crippen molar-refractivity contribution in [3.63, 3.8) is 0 Å². The predicted octanol–water partition coefficient (Wildman–Crippen LogP) is 3.65. The molecular formula is C18H23ClN4O2. The van der Waals surface area contributed by atoms with Crippen LogP contribution in [0.2, 0.25) is 5.02 Å². The van der Waals surface area contributed by atoms with E-state index >= 15 is 0 Å². The second kappa shape index (κ2) is 6.67. The van der Waals surface area contributed by atoms with Crippen molar-refractivity contribution < 1.29 is 9.53 Å². The number of carbonyl (C=O) groups is 1. The fourth-order valence-corrected chi connectivity index (χ4v) is 3.04. The first-order valence-electron chi connectivity index (χ1n) is 8.39. The van der Waals surface area contributed by atoms with E-state index in [4.69, 9.17) is 16.3 Å². The fraction of sp³-hybridized carbons (Fsp3) is 0.500. The summed E-state index contributed by atoms with van der Waals surface area (Å²) in [6.07, 6.45) is 1.52. The highest BCUT2D eigenvalue weighted by Crippen LogP contribution is 2.29. The van der Waals surface area contributed by atoms with Crippen LogP contribution < -0.4 is 4.90 Å². The van der Waals surface area contributed by atoms with Gasteiger partial charge in [0.2, 0.25) is 0 Å². The van der Waals surface area contributed by atoms with Gasteiger partial charge in [-0.25, -0.2) is 4.79 Å². The van der Waals surface area contributed by atoms with E-state index in [2.05, 4.69) is 15.1 Å². The first kappa shape index (κ1) is 17.7. The number of ether oxygens (including phenoxy) is 1. The highest BCUT2D eigenvalue weighted by atomic mass is 35.5. The summed E-state index contributed by atoms with van der Waals surface area (Å²) >= 11 is 6.19. The van der Waals surface area contributed by atoms with Crippen molar-refractivity contribution in [3.8, 4) is 0 Å². The Kier molecular flexibility index (Phi) is 4.73. The molecule has 0 atom stereocenters. The molecule has 1 aliphatic heterocycles.